The quantitative estimate of drug-likeness (QED) is 0.412. The third-order valence-corrected chi connectivity index (χ3v) is 6.11. The van der Waals surface area contributed by atoms with Crippen molar-refractivity contribution in [2.45, 2.75) is 53.2 Å². The molecule has 0 spiro atoms. The first-order valence-corrected chi connectivity index (χ1v) is 11.0. The number of ketones is 1. The van der Waals surface area contributed by atoms with E-state index in [1.54, 1.807) is 11.6 Å². The van der Waals surface area contributed by atoms with E-state index in [0.29, 0.717) is 22.5 Å². The van der Waals surface area contributed by atoms with Crippen LogP contribution in [0.5, 0.6) is 0 Å². The highest BCUT2D eigenvalue weighted by Crippen LogP contribution is 2.22. The maximum absolute atomic E-state index is 12.9. The Bertz CT molecular complexity index is 1140. The molecule has 1 atom stereocenters. The molecule has 1 aliphatic heterocycles. The van der Waals surface area contributed by atoms with Gasteiger partial charge in [0, 0.05) is 30.1 Å². The van der Waals surface area contributed by atoms with Gasteiger partial charge < -0.3 is 14.0 Å². The van der Waals surface area contributed by atoms with E-state index in [1.165, 1.54) is 0 Å². The van der Waals surface area contributed by atoms with Crippen molar-refractivity contribution in [2.24, 2.45) is 0 Å². The zero-order chi connectivity index (χ0) is 22.8. The van der Waals surface area contributed by atoms with E-state index in [9.17, 15) is 9.59 Å². The summed E-state index contributed by atoms with van der Waals surface area (Å²) in [6, 6.07) is 11.5. The van der Waals surface area contributed by atoms with Gasteiger partial charge in [0.05, 0.1) is 23.2 Å². The van der Waals surface area contributed by atoms with Crippen LogP contribution in [0.1, 0.15) is 56.3 Å². The second-order valence-corrected chi connectivity index (χ2v) is 8.32. The molecule has 0 radical (unpaired) electrons. The molecule has 168 valence electrons. The molecule has 0 N–H and O–H groups in total. The lowest BCUT2D eigenvalue weighted by atomic mass is 10.1. The molecule has 1 unspecified atom stereocenters. The van der Waals surface area contributed by atoms with Crippen molar-refractivity contribution in [3.05, 3.63) is 70.3 Å². The molecule has 0 amide bonds. The van der Waals surface area contributed by atoms with Crippen molar-refractivity contribution in [3.8, 4) is 5.69 Å². The third-order valence-electron chi connectivity index (χ3n) is 6.11. The predicted octanol–water partition coefficient (Wildman–Crippen LogP) is 4.13. The van der Waals surface area contributed by atoms with E-state index in [-0.39, 0.29) is 18.5 Å². The molecule has 1 saturated heterocycles. The van der Waals surface area contributed by atoms with Crippen LogP contribution in [0.4, 0.5) is 0 Å². The number of nitrogens with zero attached hydrogens (tertiary/aromatic N) is 3. The first-order valence-electron chi connectivity index (χ1n) is 11.0. The van der Waals surface area contributed by atoms with Crippen LogP contribution < -0.4 is 0 Å². The summed E-state index contributed by atoms with van der Waals surface area (Å²) in [7, 11) is 0. The fourth-order valence-corrected chi connectivity index (χ4v) is 4.40. The predicted molar refractivity (Wildman–Crippen MR) is 121 cm³/mol. The number of aryl methyl sites for hydroxylation is 2. The van der Waals surface area contributed by atoms with Crippen molar-refractivity contribution in [3.63, 3.8) is 0 Å². The number of hydrogen-bond acceptors (Lipinski definition) is 5. The van der Waals surface area contributed by atoms with Gasteiger partial charge in [-0.05, 0) is 58.7 Å². The second kappa shape index (κ2) is 9.12. The molecule has 0 saturated carbocycles. The molecule has 3 aromatic rings. The summed E-state index contributed by atoms with van der Waals surface area (Å²) in [5.74, 6) is -0.750. The smallest absolute Gasteiger partial charge is 0.342 e. The molecule has 3 heterocycles. The minimum absolute atomic E-state index is 0.188. The number of Topliss-reactive ketones (excluding diaryl/α,β-unsaturated/α-hetero) is 1. The van der Waals surface area contributed by atoms with Gasteiger partial charge >= 0.3 is 5.97 Å². The molecule has 0 bridgehead atoms. The van der Waals surface area contributed by atoms with Gasteiger partial charge in [0.15, 0.2) is 6.61 Å². The number of ether oxygens (including phenoxy) is 2. The van der Waals surface area contributed by atoms with E-state index in [1.807, 2.05) is 57.2 Å². The maximum Gasteiger partial charge on any atom is 0.342 e. The molecule has 0 aliphatic carbocycles. The van der Waals surface area contributed by atoms with Crippen LogP contribution >= 0.6 is 0 Å². The Morgan fingerprint density at radius 3 is 2.56 bits per heavy atom. The number of carbonyl (C=O) groups excluding carboxylic acids is 2. The summed E-state index contributed by atoms with van der Waals surface area (Å²) in [6.07, 6.45) is 2.30. The molecule has 1 aromatic carbocycles. The molecular formula is C25H29N3O4. The monoisotopic (exact) mass is 435 g/mol. The fourth-order valence-electron chi connectivity index (χ4n) is 4.40. The Hall–Kier alpha value is -3.19. The topological polar surface area (TPSA) is 75.4 Å². The lowest BCUT2D eigenvalue weighted by Gasteiger charge is -2.14. The largest absolute Gasteiger partial charge is 0.454 e. The number of esters is 1. The summed E-state index contributed by atoms with van der Waals surface area (Å²) in [5.41, 5.74) is 4.97. The van der Waals surface area contributed by atoms with Gasteiger partial charge in [0.1, 0.15) is 5.56 Å². The summed E-state index contributed by atoms with van der Waals surface area (Å²) in [6.45, 7) is 8.73. The first-order chi connectivity index (χ1) is 15.4. The van der Waals surface area contributed by atoms with Crippen molar-refractivity contribution in [1.29, 1.82) is 0 Å². The molecule has 7 heteroatoms. The molecular weight excluding hydrogens is 406 g/mol. The summed E-state index contributed by atoms with van der Waals surface area (Å²) < 4.78 is 15.0. The van der Waals surface area contributed by atoms with Crippen LogP contribution in [0, 0.1) is 27.7 Å². The fraction of sp³-hybridized carbons (Fsp3) is 0.400. The van der Waals surface area contributed by atoms with Gasteiger partial charge in [-0.3, -0.25) is 4.79 Å². The molecule has 1 aliphatic rings. The zero-order valence-electron chi connectivity index (χ0n) is 19.1. The average Bonchev–Trinajstić information content (AvgIpc) is 3.47. The SMILES string of the molecule is Cc1nn(-c2ccccc2)c(C)c1C(=O)OCC(=O)c1cc(C)n(CC2CCCO2)c1C. The first kappa shape index (κ1) is 22.0. The van der Waals surface area contributed by atoms with Crippen molar-refractivity contribution < 1.29 is 19.1 Å². The van der Waals surface area contributed by atoms with Crippen LogP contribution in [0.2, 0.25) is 0 Å². The van der Waals surface area contributed by atoms with Gasteiger partial charge in [-0.25, -0.2) is 9.48 Å². The Morgan fingerprint density at radius 2 is 1.88 bits per heavy atom. The van der Waals surface area contributed by atoms with Gasteiger partial charge in [0.2, 0.25) is 5.78 Å². The number of para-hydroxylation sites is 1. The standard InChI is InChI=1S/C25H29N3O4/c1-16-13-22(18(3)27(16)14-21-11-8-12-31-21)23(29)15-32-25(30)24-17(2)26-28(19(24)4)20-9-6-5-7-10-20/h5-7,9-10,13,21H,8,11-12,14-15H2,1-4H3. The van der Waals surface area contributed by atoms with E-state index >= 15 is 0 Å². The highest BCUT2D eigenvalue weighted by Gasteiger charge is 2.24. The number of aromatic nitrogens is 3. The second-order valence-electron chi connectivity index (χ2n) is 8.32. The van der Waals surface area contributed by atoms with E-state index in [0.717, 1.165) is 43.1 Å². The lowest BCUT2D eigenvalue weighted by molar-refractivity contribution is 0.0473. The molecule has 1 fully saturated rings. The van der Waals surface area contributed by atoms with Crippen LogP contribution in [-0.2, 0) is 16.0 Å². The minimum Gasteiger partial charge on any atom is -0.454 e. The molecule has 4 rings (SSSR count). The van der Waals surface area contributed by atoms with E-state index in [2.05, 4.69) is 9.67 Å². The van der Waals surface area contributed by atoms with Crippen molar-refractivity contribution >= 4 is 11.8 Å². The van der Waals surface area contributed by atoms with Crippen molar-refractivity contribution in [2.75, 3.05) is 13.2 Å². The molecule has 32 heavy (non-hydrogen) atoms. The van der Waals surface area contributed by atoms with Gasteiger partial charge in [0.25, 0.3) is 0 Å². The number of carbonyl (C=O) groups is 2. The summed E-state index contributed by atoms with van der Waals surface area (Å²) in [4.78, 5) is 25.7. The third kappa shape index (κ3) is 4.25. The van der Waals surface area contributed by atoms with E-state index < -0.39 is 5.97 Å². The Balaban J connectivity index is 1.46. The lowest BCUT2D eigenvalue weighted by Crippen LogP contribution is -2.18. The molecule has 2 aromatic heterocycles. The van der Waals surface area contributed by atoms with Gasteiger partial charge in [-0.15, -0.1) is 0 Å². The zero-order valence-corrected chi connectivity index (χ0v) is 19.1. The number of rotatable bonds is 7. The Morgan fingerprint density at radius 1 is 1.12 bits per heavy atom. The minimum atomic E-state index is -0.538. The highest BCUT2D eigenvalue weighted by atomic mass is 16.5. The number of hydrogen-bond donors (Lipinski definition) is 0. The summed E-state index contributed by atoms with van der Waals surface area (Å²) >= 11 is 0. The van der Waals surface area contributed by atoms with Gasteiger partial charge in [-0.1, -0.05) is 18.2 Å². The van der Waals surface area contributed by atoms with Crippen LogP contribution in [0.15, 0.2) is 36.4 Å². The van der Waals surface area contributed by atoms with E-state index in [4.69, 9.17) is 9.47 Å². The van der Waals surface area contributed by atoms with Crippen molar-refractivity contribution in [1.82, 2.24) is 14.3 Å². The van der Waals surface area contributed by atoms with Gasteiger partial charge in [-0.2, -0.15) is 5.10 Å². The summed E-state index contributed by atoms with van der Waals surface area (Å²) in [5, 5.41) is 4.48. The van der Waals surface area contributed by atoms with Crippen LogP contribution in [0.25, 0.3) is 5.69 Å². The van der Waals surface area contributed by atoms with Crippen LogP contribution in [-0.4, -0.2) is 45.4 Å². The normalized spacial score (nSPS) is 15.8. The Kier molecular flexibility index (Phi) is 6.28. The average molecular weight is 436 g/mol. The highest BCUT2D eigenvalue weighted by molar-refractivity contribution is 6.00. The van der Waals surface area contributed by atoms with Crippen LogP contribution in [0.3, 0.4) is 0 Å². The number of benzene rings is 1. The molecule has 7 nitrogen and oxygen atoms in total. The maximum atomic E-state index is 12.9. The Labute approximate surface area is 187 Å².